The zero-order chi connectivity index (χ0) is 15.8. The van der Waals surface area contributed by atoms with Crippen LogP contribution in [-0.4, -0.2) is 15.9 Å². The monoisotopic (exact) mass is 290 g/mol. The smallest absolute Gasteiger partial charge is 0.267 e. The van der Waals surface area contributed by atoms with Crippen LogP contribution in [0.2, 0.25) is 0 Å². The second-order valence-corrected chi connectivity index (χ2v) is 4.00. The molecule has 0 radical (unpaired) electrons. The molecule has 22 heavy (non-hydrogen) atoms. The lowest BCUT2D eigenvalue weighted by atomic mass is 10.2. The van der Waals surface area contributed by atoms with Crippen molar-refractivity contribution in [1.82, 2.24) is 9.97 Å². The third-order valence-electron chi connectivity index (χ3n) is 2.57. The van der Waals surface area contributed by atoms with Crippen LogP contribution in [0.1, 0.15) is 5.56 Å². The van der Waals surface area contributed by atoms with Gasteiger partial charge in [-0.05, 0) is 18.2 Å². The number of para-hydroxylation sites is 1. The van der Waals surface area contributed by atoms with Gasteiger partial charge in [-0.2, -0.15) is 10.5 Å². The Morgan fingerprint density at radius 3 is 2.55 bits per heavy atom. The molecule has 2 N–H and O–H groups in total. The summed E-state index contributed by atoms with van der Waals surface area (Å²) in [6.07, 6.45) is 4.26. The van der Waals surface area contributed by atoms with Gasteiger partial charge in [-0.25, -0.2) is 9.97 Å². The zero-order valence-electron chi connectivity index (χ0n) is 11.3. The highest BCUT2D eigenvalue weighted by Gasteiger charge is 2.11. The minimum Gasteiger partial charge on any atom is -0.329 e. The molecule has 2 rings (SSSR count). The van der Waals surface area contributed by atoms with E-state index in [1.165, 1.54) is 18.6 Å². The van der Waals surface area contributed by atoms with Gasteiger partial charge in [0.2, 0.25) is 5.95 Å². The SMILES string of the molecule is N#C/C(=C/Nc1ncccn1)C(=O)Nc1ccccc1C#N. The molecule has 0 aliphatic heterocycles. The largest absolute Gasteiger partial charge is 0.329 e. The number of nitrogens with one attached hydrogen (secondary N) is 2. The average molecular weight is 290 g/mol. The first-order valence-corrected chi connectivity index (χ1v) is 6.19. The normalized spacial score (nSPS) is 10.2. The Morgan fingerprint density at radius 2 is 1.86 bits per heavy atom. The molecule has 0 aliphatic carbocycles. The summed E-state index contributed by atoms with van der Waals surface area (Å²) in [6, 6.07) is 11.9. The van der Waals surface area contributed by atoms with Gasteiger partial charge in [-0.1, -0.05) is 12.1 Å². The number of carbonyl (C=O) groups is 1. The molecule has 0 bridgehead atoms. The van der Waals surface area contributed by atoms with E-state index in [-0.39, 0.29) is 11.5 Å². The molecular formula is C15H10N6O. The van der Waals surface area contributed by atoms with Gasteiger partial charge < -0.3 is 10.6 Å². The van der Waals surface area contributed by atoms with Crippen molar-refractivity contribution in [3.63, 3.8) is 0 Å². The Kier molecular flexibility index (Phi) is 4.79. The molecule has 1 aromatic heterocycles. The van der Waals surface area contributed by atoms with Crippen LogP contribution >= 0.6 is 0 Å². The van der Waals surface area contributed by atoms with Crippen molar-refractivity contribution in [2.24, 2.45) is 0 Å². The molecule has 0 spiro atoms. The molecule has 0 unspecified atom stereocenters. The first-order chi connectivity index (χ1) is 10.7. The van der Waals surface area contributed by atoms with E-state index >= 15 is 0 Å². The summed E-state index contributed by atoms with van der Waals surface area (Å²) in [5, 5.41) is 23.2. The van der Waals surface area contributed by atoms with Crippen molar-refractivity contribution < 1.29 is 4.79 Å². The van der Waals surface area contributed by atoms with Crippen LogP contribution in [0.4, 0.5) is 11.6 Å². The molecule has 0 saturated heterocycles. The maximum atomic E-state index is 12.0. The van der Waals surface area contributed by atoms with E-state index in [2.05, 4.69) is 20.6 Å². The average Bonchev–Trinajstić information content (AvgIpc) is 2.57. The van der Waals surface area contributed by atoms with E-state index in [1.54, 1.807) is 36.4 Å². The molecule has 0 atom stereocenters. The quantitative estimate of drug-likeness (QED) is 0.655. The maximum absolute atomic E-state index is 12.0. The number of benzene rings is 1. The lowest BCUT2D eigenvalue weighted by Crippen LogP contribution is -2.15. The van der Waals surface area contributed by atoms with Crippen molar-refractivity contribution in [2.75, 3.05) is 10.6 Å². The van der Waals surface area contributed by atoms with Gasteiger partial charge in [0, 0.05) is 18.6 Å². The summed E-state index contributed by atoms with van der Waals surface area (Å²) < 4.78 is 0. The number of rotatable bonds is 4. The van der Waals surface area contributed by atoms with Crippen LogP contribution in [0.25, 0.3) is 0 Å². The van der Waals surface area contributed by atoms with Gasteiger partial charge in [-0.3, -0.25) is 4.79 Å². The van der Waals surface area contributed by atoms with Crippen molar-refractivity contribution in [2.45, 2.75) is 0 Å². The summed E-state index contributed by atoms with van der Waals surface area (Å²) in [6.45, 7) is 0. The number of carbonyl (C=O) groups excluding carboxylic acids is 1. The minimum absolute atomic E-state index is 0.166. The third-order valence-corrected chi connectivity index (χ3v) is 2.57. The summed E-state index contributed by atoms with van der Waals surface area (Å²) >= 11 is 0. The molecule has 0 fully saturated rings. The highest BCUT2D eigenvalue weighted by atomic mass is 16.1. The molecule has 1 heterocycles. The molecule has 1 aromatic carbocycles. The van der Waals surface area contributed by atoms with E-state index < -0.39 is 5.91 Å². The van der Waals surface area contributed by atoms with E-state index in [0.717, 1.165) is 0 Å². The maximum Gasteiger partial charge on any atom is 0.267 e. The second-order valence-electron chi connectivity index (χ2n) is 4.00. The van der Waals surface area contributed by atoms with Gasteiger partial charge in [0.15, 0.2) is 0 Å². The number of nitrogens with zero attached hydrogens (tertiary/aromatic N) is 4. The second kappa shape index (κ2) is 7.17. The molecule has 2 aromatic rings. The fourth-order valence-electron chi connectivity index (χ4n) is 1.54. The molecule has 7 heteroatoms. The van der Waals surface area contributed by atoms with E-state index in [9.17, 15) is 4.79 Å². The lowest BCUT2D eigenvalue weighted by Gasteiger charge is -2.06. The highest BCUT2D eigenvalue weighted by molar-refractivity contribution is 6.07. The lowest BCUT2D eigenvalue weighted by molar-refractivity contribution is -0.112. The van der Waals surface area contributed by atoms with Crippen LogP contribution in [-0.2, 0) is 4.79 Å². The Labute approximate surface area is 126 Å². The summed E-state index contributed by atoms with van der Waals surface area (Å²) in [7, 11) is 0. The predicted molar refractivity (Wildman–Crippen MR) is 79.1 cm³/mol. The fraction of sp³-hybridized carbons (Fsp3) is 0. The van der Waals surface area contributed by atoms with Crippen molar-refractivity contribution in [3.8, 4) is 12.1 Å². The number of amides is 1. The van der Waals surface area contributed by atoms with Crippen molar-refractivity contribution in [1.29, 1.82) is 10.5 Å². The number of aromatic nitrogens is 2. The van der Waals surface area contributed by atoms with Crippen LogP contribution in [0.15, 0.2) is 54.5 Å². The topological polar surface area (TPSA) is 114 Å². The minimum atomic E-state index is -0.631. The van der Waals surface area contributed by atoms with Gasteiger partial charge >= 0.3 is 0 Å². The Morgan fingerprint density at radius 1 is 1.14 bits per heavy atom. The number of anilines is 2. The van der Waals surface area contributed by atoms with Crippen LogP contribution < -0.4 is 10.6 Å². The summed E-state index contributed by atoms with van der Waals surface area (Å²) in [4.78, 5) is 19.9. The third kappa shape index (κ3) is 3.65. The van der Waals surface area contributed by atoms with E-state index in [4.69, 9.17) is 10.5 Å². The standard InChI is InChI=1S/C15H10N6O/c16-8-11-4-1-2-5-13(11)21-14(22)12(9-17)10-20-15-18-6-3-7-19-15/h1-7,10H,(H,21,22)(H,18,19,20)/b12-10-. The van der Waals surface area contributed by atoms with E-state index in [1.807, 2.05) is 6.07 Å². The molecular weight excluding hydrogens is 280 g/mol. The summed E-state index contributed by atoms with van der Waals surface area (Å²) in [5.41, 5.74) is 0.486. The Bertz CT molecular complexity index is 786. The van der Waals surface area contributed by atoms with Gasteiger partial charge in [0.1, 0.15) is 17.7 Å². The van der Waals surface area contributed by atoms with E-state index in [0.29, 0.717) is 11.3 Å². The molecule has 7 nitrogen and oxygen atoms in total. The predicted octanol–water partition coefficient (Wildman–Crippen LogP) is 1.81. The first-order valence-electron chi connectivity index (χ1n) is 6.19. The van der Waals surface area contributed by atoms with Crippen LogP contribution in [0, 0.1) is 22.7 Å². The Balaban J connectivity index is 2.13. The Hall–Kier alpha value is -3.71. The molecule has 0 saturated carbocycles. The highest BCUT2D eigenvalue weighted by Crippen LogP contribution is 2.14. The zero-order valence-corrected chi connectivity index (χ0v) is 11.3. The first kappa shape index (κ1) is 14.7. The van der Waals surface area contributed by atoms with Crippen LogP contribution in [0.5, 0.6) is 0 Å². The fourth-order valence-corrected chi connectivity index (χ4v) is 1.54. The number of hydrogen-bond acceptors (Lipinski definition) is 6. The van der Waals surface area contributed by atoms with Gasteiger partial charge in [-0.15, -0.1) is 0 Å². The molecule has 0 aliphatic rings. The van der Waals surface area contributed by atoms with Crippen molar-refractivity contribution >= 4 is 17.5 Å². The van der Waals surface area contributed by atoms with Crippen molar-refractivity contribution in [3.05, 3.63) is 60.1 Å². The molecule has 106 valence electrons. The van der Waals surface area contributed by atoms with Crippen LogP contribution in [0.3, 0.4) is 0 Å². The van der Waals surface area contributed by atoms with Gasteiger partial charge in [0.05, 0.1) is 11.3 Å². The number of nitriles is 2. The molecule has 1 amide bonds. The number of hydrogen-bond donors (Lipinski definition) is 2. The van der Waals surface area contributed by atoms with Gasteiger partial charge in [0.25, 0.3) is 5.91 Å². The summed E-state index contributed by atoms with van der Waals surface area (Å²) in [5.74, 6) is -0.367.